The molecule has 0 radical (unpaired) electrons. The highest BCUT2D eigenvalue weighted by atomic mass is 35.5. The number of rotatable bonds is 30. The number of nitrogens with two attached hydrogens (primary N) is 1. The lowest BCUT2D eigenvalue weighted by Crippen LogP contribution is -2.54. The van der Waals surface area contributed by atoms with Gasteiger partial charge in [-0.3, -0.25) is 33.6 Å². The number of alkyl halides is 1. The molecule has 0 fully saturated rings. The molecule has 2 atom stereocenters. The SMILES string of the molecule is CC(=O)NCSCC(NC(=O)CN)C(=O)NCC(=O)NC(CSCNC(C)=O)C(=O)NCC(=O)NCCC[N+](C)(C)CCCNCc1ccc(N(C)CCCl)cc1. The molecule has 1 aromatic carbocycles. The molecular formula is C36H63ClN11O7S2+. The Balaban J connectivity index is 2.50. The topological polar surface area (TPSA) is 245 Å². The van der Waals surface area contributed by atoms with Crippen LogP contribution in [0, 0.1) is 0 Å². The van der Waals surface area contributed by atoms with Crippen LogP contribution in [0.5, 0.6) is 0 Å². The third-order valence-electron chi connectivity index (χ3n) is 8.26. The molecule has 0 aliphatic heterocycles. The summed E-state index contributed by atoms with van der Waals surface area (Å²) in [6, 6.07) is 6.31. The lowest BCUT2D eigenvalue weighted by molar-refractivity contribution is -0.890. The molecule has 0 heterocycles. The third-order valence-corrected chi connectivity index (χ3v) is 10.3. The summed E-state index contributed by atoms with van der Waals surface area (Å²) in [5.41, 5.74) is 7.71. The number of benzene rings is 1. The van der Waals surface area contributed by atoms with Gasteiger partial charge in [0.25, 0.3) is 0 Å². The maximum absolute atomic E-state index is 13.1. The van der Waals surface area contributed by atoms with Crippen LogP contribution in [-0.4, -0.2) is 161 Å². The predicted molar refractivity (Wildman–Crippen MR) is 227 cm³/mol. The van der Waals surface area contributed by atoms with Crippen molar-refractivity contribution in [1.29, 1.82) is 0 Å². The van der Waals surface area contributed by atoms with Crippen LogP contribution >= 0.6 is 35.1 Å². The fourth-order valence-electron chi connectivity index (χ4n) is 5.00. The van der Waals surface area contributed by atoms with Crippen molar-refractivity contribution in [2.45, 2.75) is 45.3 Å². The van der Waals surface area contributed by atoms with E-state index in [1.54, 1.807) is 0 Å². The Morgan fingerprint density at radius 1 is 0.737 bits per heavy atom. The van der Waals surface area contributed by atoms with E-state index in [4.69, 9.17) is 17.3 Å². The van der Waals surface area contributed by atoms with Gasteiger partial charge in [0.05, 0.1) is 58.6 Å². The maximum atomic E-state index is 13.1. The van der Waals surface area contributed by atoms with Crippen LogP contribution in [-0.2, 0) is 40.1 Å². The van der Waals surface area contributed by atoms with Crippen molar-refractivity contribution in [3.05, 3.63) is 29.8 Å². The highest BCUT2D eigenvalue weighted by molar-refractivity contribution is 7.99. The van der Waals surface area contributed by atoms with E-state index in [0.717, 1.165) is 55.7 Å². The molecule has 10 N–H and O–H groups in total. The van der Waals surface area contributed by atoms with Crippen LogP contribution in [0.25, 0.3) is 0 Å². The molecule has 57 heavy (non-hydrogen) atoms. The molecule has 7 amide bonds. The molecule has 0 aliphatic rings. The largest absolute Gasteiger partial charge is 0.373 e. The molecule has 0 spiro atoms. The number of hydrogen-bond donors (Lipinski definition) is 9. The van der Waals surface area contributed by atoms with Crippen LogP contribution in [0.4, 0.5) is 5.69 Å². The number of hydrogen-bond acceptors (Lipinski definition) is 12. The molecule has 2 unspecified atom stereocenters. The highest BCUT2D eigenvalue weighted by Gasteiger charge is 2.24. The zero-order chi connectivity index (χ0) is 42.6. The van der Waals surface area contributed by atoms with Crippen LogP contribution < -0.4 is 53.2 Å². The Morgan fingerprint density at radius 2 is 1.25 bits per heavy atom. The number of carbonyl (C=O) groups excluding carboxylic acids is 7. The minimum atomic E-state index is -1.09. The average molecular weight is 862 g/mol. The van der Waals surface area contributed by atoms with E-state index in [9.17, 15) is 33.6 Å². The van der Waals surface area contributed by atoms with Crippen LogP contribution in [0.1, 0.15) is 32.3 Å². The first-order valence-electron chi connectivity index (χ1n) is 18.7. The van der Waals surface area contributed by atoms with Gasteiger partial charge >= 0.3 is 0 Å². The Labute approximate surface area is 350 Å². The second-order valence-electron chi connectivity index (χ2n) is 13.8. The first kappa shape index (κ1) is 51.2. The van der Waals surface area contributed by atoms with E-state index in [1.165, 1.54) is 42.9 Å². The standard InChI is InChI=1S/C36H62ClN11O7S2/c1-26(49)43-24-56-22-30(45-32(51)18-38)35(54)42-21-34(53)46-31(23-57-25-44-27(2)50)36(55)41-20-33(52)40-14-7-17-48(4,5)16-6-13-39-19-28-8-10-29(11-9-28)47(3)15-12-37/h8-11,30-31,39H,6-7,12-25,38H2,1-5H3,(H6-,40,41,42,43,44,45,46,49,50,51,52,53,54,55)/p+1. The number of quaternary nitrogens is 1. The zero-order valence-electron chi connectivity index (χ0n) is 33.8. The smallest absolute Gasteiger partial charge is 0.243 e. The van der Waals surface area contributed by atoms with E-state index in [-0.39, 0.29) is 54.1 Å². The van der Waals surface area contributed by atoms with E-state index >= 15 is 0 Å². The second-order valence-corrected chi connectivity index (χ2v) is 16.2. The van der Waals surface area contributed by atoms with Gasteiger partial charge in [0, 0.05) is 83.0 Å². The van der Waals surface area contributed by atoms with Crippen LogP contribution in [0.15, 0.2) is 24.3 Å². The summed E-state index contributed by atoms with van der Waals surface area (Å²) in [5.74, 6) is -2.37. The van der Waals surface area contributed by atoms with Crippen molar-refractivity contribution < 1.29 is 38.0 Å². The summed E-state index contributed by atoms with van der Waals surface area (Å²) < 4.78 is 0.786. The molecule has 0 aliphatic carbocycles. The molecular weight excluding hydrogens is 798 g/mol. The van der Waals surface area contributed by atoms with Crippen molar-refractivity contribution in [3.63, 3.8) is 0 Å². The normalized spacial score (nSPS) is 12.1. The number of carbonyl (C=O) groups is 7. The van der Waals surface area contributed by atoms with Crippen molar-refractivity contribution >= 4 is 82.2 Å². The summed E-state index contributed by atoms with van der Waals surface area (Å²) in [6.07, 6.45) is 1.72. The van der Waals surface area contributed by atoms with Crippen molar-refractivity contribution in [2.24, 2.45) is 5.73 Å². The fourth-order valence-corrected chi connectivity index (χ4v) is 7.04. The molecule has 0 aromatic heterocycles. The third kappa shape index (κ3) is 25.2. The van der Waals surface area contributed by atoms with Gasteiger partial charge in [-0.25, -0.2) is 0 Å². The van der Waals surface area contributed by atoms with Crippen molar-refractivity contribution in [1.82, 2.24) is 42.5 Å². The lowest BCUT2D eigenvalue weighted by Gasteiger charge is -2.30. The van der Waals surface area contributed by atoms with Gasteiger partial charge in [-0.2, -0.15) is 0 Å². The number of thioether (sulfide) groups is 2. The first-order valence-corrected chi connectivity index (χ1v) is 21.5. The average Bonchev–Trinajstić information content (AvgIpc) is 3.16. The van der Waals surface area contributed by atoms with E-state index in [1.807, 2.05) is 7.05 Å². The number of halogens is 1. The quantitative estimate of drug-likeness (QED) is 0.0181. The minimum absolute atomic E-state index is 0.0608. The van der Waals surface area contributed by atoms with Crippen LogP contribution in [0.2, 0.25) is 0 Å². The van der Waals surface area contributed by atoms with Gasteiger partial charge < -0.3 is 57.7 Å². The zero-order valence-corrected chi connectivity index (χ0v) is 36.2. The van der Waals surface area contributed by atoms with Gasteiger partial charge in [-0.1, -0.05) is 12.1 Å². The molecule has 1 aromatic rings. The van der Waals surface area contributed by atoms with E-state index < -0.39 is 42.3 Å². The number of amides is 7. The molecule has 18 nitrogen and oxygen atoms in total. The van der Waals surface area contributed by atoms with Crippen molar-refractivity contribution in [3.8, 4) is 0 Å². The minimum Gasteiger partial charge on any atom is -0.373 e. The number of anilines is 1. The highest BCUT2D eigenvalue weighted by Crippen LogP contribution is 2.14. The Bertz CT molecular complexity index is 1430. The molecule has 21 heteroatoms. The first-order chi connectivity index (χ1) is 27.1. The van der Waals surface area contributed by atoms with Crippen LogP contribution in [0.3, 0.4) is 0 Å². The summed E-state index contributed by atoms with van der Waals surface area (Å²) in [4.78, 5) is 87.6. The van der Waals surface area contributed by atoms with Gasteiger partial charge in [-0.05, 0) is 17.7 Å². The molecule has 1 rings (SSSR count). The molecule has 0 bridgehead atoms. The van der Waals surface area contributed by atoms with E-state index in [2.05, 4.69) is 85.8 Å². The summed E-state index contributed by atoms with van der Waals surface area (Å²) in [7, 11) is 6.32. The van der Waals surface area contributed by atoms with E-state index in [0.29, 0.717) is 12.4 Å². The summed E-state index contributed by atoms with van der Waals surface area (Å²) >= 11 is 8.19. The predicted octanol–water partition coefficient (Wildman–Crippen LogP) is -1.76. The second kappa shape index (κ2) is 29.4. The summed E-state index contributed by atoms with van der Waals surface area (Å²) in [5, 5.41) is 21.5. The molecule has 0 saturated heterocycles. The Morgan fingerprint density at radius 3 is 1.75 bits per heavy atom. The molecule has 0 saturated carbocycles. The van der Waals surface area contributed by atoms with Gasteiger partial charge in [0.15, 0.2) is 0 Å². The fraction of sp³-hybridized carbons (Fsp3) is 0.639. The van der Waals surface area contributed by atoms with Gasteiger partial charge in [0.1, 0.15) is 12.1 Å². The maximum Gasteiger partial charge on any atom is 0.243 e. The number of nitrogens with one attached hydrogen (secondary N) is 8. The van der Waals surface area contributed by atoms with Gasteiger partial charge in [0.2, 0.25) is 41.4 Å². The Hall–Kier alpha value is -3.82. The molecule has 322 valence electrons. The lowest BCUT2D eigenvalue weighted by atomic mass is 10.2. The van der Waals surface area contributed by atoms with Crippen molar-refractivity contribution in [2.75, 3.05) is 108 Å². The monoisotopic (exact) mass is 860 g/mol. The number of nitrogens with zero attached hydrogens (tertiary/aromatic N) is 2. The summed E-state index contributed by atoms with van der Waals surface area (Å²) in [6.45, 7) is 6.21. The van der Waals surface area contributed by atoms with Gasteiger partial charge in [-0.15, -0.1) is 35.1 Å². The Kier molecular flexibility index (Phi) is 26.4.